The molecule has 1 aliphatic heterocycles. The highest BCUT2D eigenvalue weighted by Gasteiger charge is 2.26. The number of methoxy groups -OCH3 is 1. The first kappa shape index (κ1) is 12.7. The summed E-state index contributed by atoms with van der Waals surface area (Å²) >= 11 is 0. The van der Waals surface area contributed by atoms with Gasteiger partial charge >= 0.3 is 5.97 Å². The Morgan fingerprint density at radius 1 is 1.45 bits per heavy atom. The van der Waals surface area contributed by atoms with E-state index < -0.39 is 11.8 Å². The van der Waals surface area contributed by atoms with Gasteiger partial charge in [0.25, 0.3) is 0 Å². The van der Waals surface area contributed by atoms with Crippen LogP contribution in [0.3, 0.4) is 0 Å². The van der Waals surface area contributed by atoms with Gasteiger partial charge in [0.2, 0.25) is 5.89 Å². The van der Waals surface area contributed by atoms with E-state index in [9.17, 15) is 9.18 Å². The smallest absolute Gasteiger partial charge is 0.360 e. The van der Waals surface area contributed by atoms with Crippen LogP contribution in [-0.4, -0.2) is 24.7 Å². The van der Waals surface area contributed by atoms with Gasteiger partial charge in [0.15, 0.2) is 5.69 Å². The summed E-state index contributed by atoms with van der Waals surface area (Å²) in [7, 11) is 1.25. The van der Waals surface area contributed by atoms with Gasteiger partial charge in [0, 0.05) is 12.0 Å². The second-order valence-electron chi connectivity index (χ2n) is 4.41. The first-order valence-electron chi connectivity index (χ1n) is 6.12. The number of fused-ring (bicyclic) bond motifs is 1. The number of nitrogens with zero attached hydrogens (tertiary/aromatic N) is 1. The third-order valence-electron chi connectivity index (χ3n) is 3.22. The zero-order valence-electron chi connectivity index (χ0n) is 11.0. The molecule has 6 heteroatoms. The van der Waals surface area contributed by atoms with E-state index in [1.807, 2.05) is 0 Å². The topological polar surface area (TPSA) is 61.6 Å². The standard InChI is InChI=1S/C14H12FNO4/c1-7-12(14(17)18-2)16-13(20-7)11-8-5-6-19-10(8)4-3-9(11)15/h3-4H,5-6H2,1-2H3. The lowest BCUT2D eigenvalue weighted by Gasteiger charge is -2.04. The summed E-state index contributed by atoms with van der Waals surface area (Å²) in [6.45, 7) is 2.08. The van der Waals surface area contributed by atoms with E-state index in [1.54, 1.807) is 13.0 Å². The van der Waals surface area contributed by atoms with Crippen LogP contribution >= 0.6 is 0 Å². The van der Waals surface area contributed by atoms with Crippen molar-refractivity contribution >= 4 is 5.97 Å². The molecular formula is C14H12FNO4. The second-order valence-corrected chi connectivity index (χ2v) is 4.41. The summed E-state index contributed by atoms with van der Waals surface area (Å²) in [6.07, 6.45) is 0.581. The van der Waals surface area contributed by atoms with Crippen LogP contribution in [0, 0.1) is 12.7 Å². The molecule has 104 valence electrons. The van der Waals surface area contributed by atoms with Gasteiger partial charge in [-0.05, 0) is 19.1 Å². The molecule has 0 saturated heterocycles. The quantitative estimate of drug-likeness (QED) is 0.789. The molecule has 0 bridgehead atoms. The monoisotopic (exact) mass is 277 g/mol. The predicted molar refractivity (Wildman–Crippen MR) is 67.2 cm³/mol. The molecule has 0 aliphatic carbocycles. The second kappa shape index (κ2) is 4.63. The molecule has 1 aromatic carbocycles. The van der Waals surface area contributed by atoms with Crippen molar-refractivity contribution in [3.63, 3.8) is 0 Å². The van der Waals surface area contributed by atoms with Crippen molar-refractivity contribution in [1.82, 2.24) is 4.98 Å². The third-order valence-corrected chi connectivity index (χ3v) is 3.22. The van der Waals surface area contributed by atoms with Crippen molar-refractivity contribution in [3.8, 4) is 17.2 Å². The maximum atomic E-state index is 14.1. The number of oxazole rings is 1. The highest BCUT2D eigenvalue weighted by atomic mass is 19.1. The lowest BCUT2D eigenvalue weighted by Crippen LogP contribution is -2.03. The summed E-state index contributed by atoms with van der Waals surface area (Å²) < 4.78 is 29.5. The minimum absolute atomic E-state index is 0.0541. The molecule has 1 aliphatic rings. The highest BCUT2D eigenvalue weighted by molar-refractivity contribution is 5.88. The normalized spacial score (nSPS) is 12.9. The fourth-order valence-electron chi connectivity index (χ4n) is 2.27. The van der Waals surface area contributed by atoms with Gasteiger partial charge in [-0.25, -0.2) is 14.2 Å². The van der Waals surface area contributed by atoms with Crippen LogP contribution < -0.4 is 4.74 Å². The molecule has 5 nitrogen and oxygen atoms in total. The van der Waals surface area contributed by atoms with Crippen LogP contribution in [0.4, 0.5) is 4.39 Å². The molecule has 1 aromatic heterocycles. The first-order valence-corrected chi connectivity index (χ1v) is 6.12. The van der Waals surface area contributed by atoms with Gasteiger partial charge in [0.05, 0.1) is 19.3 Å². The number of benzene rings is 1. The SMILES string of the molecule is COC(=O)c1nc(-c2c(F)ccc3c2CCO3)oc1C. The predicted octanol–water partition coefficient (Wildman–Crippen LogP) is 2.51. The van der Waals surface area contributed by atoms with Gasteiger partial charge in [-0.1, -0.05) is 0 Å². The number of carbonyl (C=O) groups is 1. The molecule has 0 saturated carbocycles. The van der Waals surface area contributed by atoms with Crippen molar-refractivity contribution in [3.05, 3.63) is 35.0 Å². The summed E-state index contributed by atoms with van der Waals surface area (Å²) in [4.78, 5) is 15.6. The number of esters is 1. The summed E-state index contributed by atoms with van der Waals surface area (Å²) in [5, 5.41) is 0. The molecule has 0 fully saturated rings. The molecular weight excluding hydrogens is 265 g/mol. The van der Waals surface area contributed by atoms with E-state index in [-0.39, 0.29) is 17.1 Å². The Balaban J connectivity index is 2.15. The Kier molecular flexibility index (Phi) is 2.93. The van der Waals surface area contributed by atoms with Gasteiger partial charge in [0.1, 0.15) is 17.3 Å². The van der Waals surface area contributed by atoms with Crippen LogP contribution in [0.5, 0.6) is 5.75 Å². The fraction of sp³-hybridized carbons (Fsp3) is 0.286. The average Bonchev–Trinajstić information content (AvgIpc) is 3.04. The third kappa shape index (κ3) is 1.84. The summed E-state index contributed by atoms with van der Waals surface area (Å²) in [5.41, 5.74) is 1.01. The number of aromatic nitrogens is 1. The Morgan fingerprint density at radius 3 is 3.00 bits per heavy atom. The Labute approximate surface area is 114 Å². The highest BCUT2D eigenvalue weighted by Crippen LogP contribution is 2.37. The van der Waals surface area contributed by atoms with E-state index in [1.165, 1.54) is 13.2 Å². The molecule has 0 amide bonds. The number of hydrogen-bond donors (Lipinski definition) is 0. The number of ether oxygens (including phenoxy) is 2. The molecule has 2 aromatic rings. The largest absolute Gasteiger partial charge is 0.493 e. The molecule has 20 heavy (non-hydrogen) atoms. The van der Waals surface area contributed by atoms with Crippen molar-refractivity contribution in [2.24, 2.45) is 0 Å². The fourth-order valence-corrected chi connectivity index (χ4v) is 2.27. The van der Waals surface area contributed by atoms with Crippen LogP contribution in [-0.2, 0) is 11.2 Å². The van der Waals surface area contributed by atoms with E-state index in [0.29, 0.717) is 30.1 Å². The lowest BCUT2D eigenvalue weighted by molar-refractivity contribution is 0.0593. The number of carbonyl (C=O) groups excluding carboxylic acids is 1. The maximum Gasteiger partial charge on any atom is 0.360 e. The molecule has 3 rings (SSSR count). The van der Waals surface area contributed by atoms with Gasteiger partial charge in [-0.15, -0.1) is 0 Å². The summed E-state index contributed by atoms with van der Waals surface area (Å²) in [6, 6.07) is 2.88. The van der Waals surface area contributed by atoms with Crippen molar-refractivity contribution in [2.75, 3.05) is 13.7 Å². The zero-order valence-corrected chi connectivity index (χ0v) is 11.0. The molecule has 2 heterocycles. The van der Waals surface area contributed by atoms with E-state index in [2.05, 4.69) is 9.72 Å². The zero-order chi connectivity index (χ0) is 14.3. The van der Waals surface area contributed by atoms with Crippen LogP contribution in [0.25, 0.3) is 11.5 Å². The molecule has 0 atom stereocenters. The average molecular weight is 277 g/mol. The van der Waals surface area contributed by atoms with Crippen molar-refractivity contribution in [2.45, 2.75) is 13.3 Å². The maximum absolute atomic E-state index is 14.1. The van der Waals surface area contributed by atoms with Crippen molar-refractivity contribution < 1.29 is 23.1 Å². The molecule has 0 spiro atoms. The number of rotatable bonds is 2. The molecule has 0 unspecified atom stereocenters. The first-order chi connectivity index (χ1) is 9.61. The Bertz CT molecular complexity index is 693. The van der Waals surface area contributed by atoms with E-state index in [0.717, 1.165) is 0 Å². The Morgan fingerprint density at radius 2 is 2.25 bits per heavy atom. The van der Waals surface area contributed by atoms with Gasteiger partial charge in [-0.2, -0.15) is 0 Å². The molecule has 0 radical (unpaired) electrons. The Hall–Kier alpha value is -2.37. The minimum atomic E-state index is -0.610. The van der Waals surface area contributed by atoms with E-state index in [4.69, 9.17) is 9.15 Å². The van der Waals surface area contributed by atoms with Crippen LogP contribution in [0.15, 0.2) is 16.5 Å². The van der Waals surface area contributed by atoms with Crippen molar-refractivity contribution in [1.29, 1.82) is 0 Å². The van der Waals surface area contributed by atoms with Gasteiger partial charge in [-0.3, -0.25) is 0 Å². The van der Waals surface area contributed by atoms with Gasteiger partial charge < -0.3 is 13.9 Å². The lowest BCUT2D eigenvalue weighted by atomic mass is 10.0. The van der Waals surface area contributed by atoms with Crippen LogP contribution in [0.2, 0.25) is 0 Å². The summed E-state index contributed by atoms with van der Waals surface area (Å²) in [5.74, 6) is -0.0731. The number of halogens is 1. The number of aryl methyl sites for hydroxylation is 1. The molecule has 0 N–H and O–H groups in total. The number of hydrogen-bond acceptors (Lipinski definition) is 5. The van der Waals surface area contributed by atoms with Crippen LogP contribution in [0.1, 0.15) is 21.8 Å². The minimum Gasteiger partial charge on any atom is -0.493 e. The van der Waals surface area contributed by atoms with E-state index >= 15 is 0 Å².